The van der Waals surface area contributed by atoms with Gasteiger partial charge in [-0.3, -0.25) is 4.99 Å². The minimum absolute atomic E-state index is 0.756. The molecule has 0 aromatic heterocycles. The molecule has 0 aromatic carbocycles. The summed E-state index contributed by atoms with van der Waals surface area (Å²) >= 11 is 2.08. The van der Waals surface area contributed by atoms with Crippen molar-refractivity contribution in [2.75, 3.05) is 25.4 Å². The molecule has 2 N–H and O–H groups in total. The average molecular weight is 269 g/mol. The van der Waals surface area contributed by atoms with E-state index in [1.165, 1.54) is 44.3 Å². The molecule has 1 saturated carbocycles. The van der Waals surface area contributed by atoms with Gasteiger partial charge in [0, 0.05) is 18.3 Å². The summed E-state index contributed by atoms with van der Waals surface area (Å²) in [5.41, 5.74) is 0. The summed E-state index contributed by atoms with van der Waals surface area (Å²) in [4.78, 5) is 4.70. The van der Waals surface area contributed by atoms with Gasteiger partial charge in [-0.15, -0.1) is 0 Å². The Kier molecular flexibility index (Phi) is 6.18. The van der Waals surface area contributed by atoms with Crippen molar-refractivity contribution in [3.8, 4) is 0 Å². The zero-order valence-corrected chi connectivity index (χ0v) is 12.4. The van der Waals surface area contributed by atoms with Crippen LogP contribution in [0.2, 0.25) is 0 Å². The maximum atomic E-state index is 4.70. The zero-order chi connectivity index (χ0) is 12.6. The SMILES string of the molecule is CCNC(=NCC1CCCS1)NCCCC1CC1. The first-order valence-corrected chi connectivity index (χ1v) is 8.57. The van der Waals surface area contributed by atoms with Crippen LogP contribution in [0.1, 0.15) is 45.4 Å². The topological polar surface area (TPSA) is 36.4 Å². The van der Waals surface area contributed by atoms with Crippen molar-refractivity contribution in [1.82, 2.24) is 10.6 Å². The molecule has 1 heterocycles. The van der Waals surface area contributed by atoms with Crippen molar-refractivity contribution in [3.63, 3.8) is 0 Å². The summed E-state index contributed by atoms with van der Waals surface area (Å²) < 4.78 is 0. The molecular formula is C14H27N3S. The van der Waals surface area contributed by atoms with Gasteiger partial charge in [0.2, 0.25) is 0 Å². The van der Waals surface area contributed by atoms with Gasteiger partial charge in [0.25, 0.3) is 0 Å². The van der Waals surface area contributed by atoms with E-state index in [1.807, 2.05) is 0 Å². The van der Waals surface area contributed by atoms with E-state index in [2.05, 4.69) is 29.3 Å². The largest absolute Gasteiger partial charge is 0.357 e. The molecule has 18 heavy (non-hydrogen) atoms. The molecule has 1 saturated heterocycles. The second kappa shape index (κ2) is 7.93. The lowest BCUT2D eigenvalue weighted by Crippen LogP contribution is -2.38. The normalized spacial score (nSPS) is 24.3. The second-order valence-electron chi connectivity index (χ2n) is 5.37. The minimum atomic E-state index is 0.756. The van der Waals surface area contributed by atoms with Crippen LogP contribution in [0, 0.1) is 5.92 Å². The average Bonchev–Trinajstić information content (AvgIpc) is 3.05. The van der Waals surface area contributed by atoms with Gasteiger partial charge in [0.15, 0.2) is 5.96 Å². The molecule has 1 unspecified atom stereocenters. The van der Waals surface area contributed by atoms with E-state index >= 15 is 0 Å². The maximum Gasteiger partial charge on any atom is 0.191 e. The fraction of sp³-hybridized carbons (Fsp3) is 0.929. The molecule has 2 aliphatic rings. The van der Waals surface area contributed by atoms with E-state index in [1.54, 1.807) is 0 Å². The first-order valence-electron chi connectivity index (χ1n) is 7.52. The van der Waals surface area contributed by atoms with Gasteiger partial charge in [-0.25, -0.2) is 0 Å². The summed E-state index contributed by atoms with van der Waals surface area (Å²) in [5.74, 6) is 3.38. The Morgan fingerprint density at radius 3 is 2.83 bits per heavy atom. The molecule has 1 atom stereocenters. The fourth-order valence-electron chi connectivity index (χ4n) is 2.33. The summed E-state index contributed by atoms with van der Waals surface area (Å²) in [6.07, 6.45) is 8.32. The van der Waals surface area contributed by atoms with Crippen LogP contribution in [-0.4, -0.2) is 36.6 Å². The van der Waals surface area contributed by atoms with Crippen molar-refractivity contribution in [1.29, 1.82) is 0 Å². The number of aliphatic imine (C=N–C) groups is 1. The molecule has 2 rings (SSSR count). The van der Waals surface area contributed by atoms with Crippen LogP contribution in [0.5, 0.6) is 0 Å². The van der Waals surface area contributed by atoms with Crippen LogP contribution in [0.3, 0.4) is 0 Å². The van der Waals surface area contributed by atoms with E-state index in [0.717, 1.165) is 36.8 Å². The Morgan fingerprint density at radius 1 is 1.28 bits per heavy atom. The Morgan fingerprint density at radius 2 is 2.17 bits per heavy atom. The molecule has 0 spiro atoms. The molecule has 104 valence electrons. The van der Waals surface area contributed by atoms with Gasteiger partial charge in [0.1, 0.15) is 0 Å². The molecule has 0 radical (unpaired) electrons. The monoisotopic (exact) mass is 269 g/mol. The first-order chi connectivity index (χ1) is 8.88. The maximum absolute atomic E-state index is 4.70. The molecule has 1 aliphatic heterocycles. The third kappa shape index (κ3) is 5.51. The standard InChI is InChI=1S/C14H27N3S/c1-2-15-14(16-9-3-5-12-7-8-12)17-11-13-6-4-10-18-13/h12-13H,2-11H2,1H3,(H2,15,16,17). The lowest BCUT2D eigenvalue weighted by molar-refractivity contribution is 0.644. The summed E-state index contributed by atoms with van der Waals surface area (Å²) in [5, 5.41) is 7.55. The Labute approximate surface area is 116 Å². The van der Waals surface area contributed by atoms with E-state index in [0.29, 0.717) is 0 Å². The Hall–Kier alpha value is -0.380. The van der Waals surface area contributed by atoms with Gasteiger partial charge < -0.3 is 10.6 Å². The number of hydrogen-bond acceptors (Lipinski definition) is 2. The molecule has 2 fully saturated rings. The number of hydrogen-bond donors (Lipinski definition) is 2. The van der Waals surface area contributed by atoms with Crippen LogP contribution in [0.25, 0.3) is 0 Å². The molecule has 0 aromatic rings. The van der Waals surface area contributed by atoms with E-state index in [4.69, 9.17) is 4.99 Å². The summed E-state index contributed by atoms with van der Waals surface area (Å²) in [6.45, 7) is 5.13. The summed E-state index contributed by atoms with van der Waals surface area (Å²) in [7, 11) is 0. The zero-order valence-electron chi connectivity index (χ0n) is 11.6. The number of nitrogens with one attached hydrogen (secondary N) is 2. The quantitative estimate of drug-likeness (QED) is 0.424. The van der Waals surface area contributed by atoms with Crippen molar-refractivity contribution in [2.45, 2.75) is 50.7 Å². The molecule has 3 nitrogen and oxygen atoms in total. The van der Waals surface area contributed by atoms with Crippen LogP contribution >= 0.6 is 11.8 Å². The number of thioether (sulfide) groups is 1. The number of rotatable bonds is 7. The highest BCUT2D eigenvalue weighted by atomic mass is 32.2. The van der Waals surface area contributed by atoms with Gasteiger partial charge in [0.05, 0.1) is 6.54 Å². The summed E-state index contributed by atoms with van der Waals surface area (Å²) in [6, 6.07) is 0. The molecule has 0 amide bonds. The predicted octanol–water partition coefficient (Wildman–Crippen LogP) is 2.63. The van der Waals surface area contributed by atoms with Crippen LogP contribution < -0.4 is 10.6 Å². The van der Waals surface area contributed by atoms with Gasteiger partial charge in [-0.05, 0) is 44.3 Å². The number of nitrogens with zero attached hydrogens (tertiary/aromatic N) is 1. The molecule has 1 aliphatic carbocycles. The highest BCUT2D eigenvalue weighted by Crippen LogP contribution is 2.33. The number of guanidine groups is 1. The second-order valence-corrected chi connectivity index (χ2v) is 6.78. The molecule has 0 bridgehead atoms. The first kappa shape index (κ1) is 14.0. The van der Waals surface area contributed by atoms with E-state index in [-0.39, 0.29) is 0 Å². The lowest BCUT2D eigenvalue weighted by atomic mass is 10.2. The minimum Gasteiger partial charge on any atom is -0.357 e. The van der Waals surface area contributed by atoms with Crippen molar-refractivity contribution >= 4 is 17.7 Å². The van der Waals surface area contributed by atoms with Gasteiger partial charge in [-0.1, -0.05) is 12.8 Å². The van der Waals surface area contributed by atoms with Crippen LogP contribution in [0.15, 0.2) is 4.99 Å². The van der Waals surface area contributed by atoms with Crippen LogP contribution in [-0.2, 0) is 0 Å². The van der Waals surface area contributed by atoms with Crippen molar-refractivity contribution < 1.29 is 0 Å². The highest BCUT2D eigenvalue weighted by Gasteiger charge is 2.20. The van der Waals surface area contributed by atoms with E-state index in [9.17, 15) is 0 Å². The van der Waals surface area contributed by atoms with Crippen molar-refractivity contribution in [2.24, 2.45) is 10.9 Å². The lowest BCUT2D eigenvalue weighted by Gasteiger charge is -2.12. The van der Waals surface area contributed by atoms with E-state index < -0.39 is 0 Å². The van der Waals surface area contributed by atoms with Crippen LogP contribution in [0.4, 0.5) is 0 Å². The van der Waals surface area contributed by atoms with Gasteiger partial charge in [-0.2, -0.15) is 11.8 Å². The Balaban J connectivity index is 1.62. The third-order valence-corrected chi connectivity index (χ3v) is 4.98. The van der Waals surface area contributed by atoms with Gasteiger partial charge >= 0.3 is 0 Å². The molecule has 4 heteroatoms. The smallest absolute Gasteiger partial charge is 0.191 e. The highest BCUT2D eigenvalue weighted by molar-refractivity contribution is 8.00. The predicted molar refractivity (Wildman–Crippen MR) is 81.4 cm³/mol. The third-order valence-electron chi connectivity index (χ3n) is 3.60. The van der Waals surface area contributed by atoms with Crippen molar-refractivity contribution in [3.05, 3.63) is 0 Å². The molecular weight excluding hydrogens is 242 g/mol. The fourth-order valence-corrected chi connectivity index (χ4v) is 3.51. The Bertz CT molecular complexity index is 258.